The lowest BCUT2D eigenvalue weighted by atomic mass is 10.2. The normalized spacial score (nSPS) is 10.9. The summed E-state index contributed by atoms with van der Waals surface area (Å²) in [6.45, 7) is 0. The number of hydrogen-bond acceptors (Lipinski definition) is 4. The zero-order valence-corrected chi connectivity index (χ0v) is 12.6. The van der Waals surface area contributed by atoms with Gasteiger partial charge < -0.3 is 4.42 Å². The molecule has 0 aliphatic heterocycles. The minimum atomic E-state index is 0.689. The summed E-state index contributed by atoms with van der Waals surface area (Å²) in [5.74, 6) is 1.50. The van der Waals surface area contributed by atoms with Gasteiger partial charge in [-0.05, 0) is 36.4 Å². The fraction of sp³-hybridized carbons (Fsp3) is 0. The Morgan fingerprint density at radius 3 is 2.52 bits per heavy atom. The predicted octanol–water partition coefficient (Wildman–Crippen LogP) is 4.55. The second-order valence-electron chi connectivity index (χ2n) is 4.31. The van der Waals surface area contributed by atoms with Crippen molar-refractivity contribution < 1.29 is 4.42 Å². The molecule has 3 rings (SSSR count). The Morgan fingerprint density at radius 1 is 1.00 bits per heavy atom. The van der Waals surface area contributed by atoms with Gasteiger partial charge in [0.05, 0.1) is 11.9 Å². The first-order valence-corrected chi connectivity index (χ1v) is 7.15. The molecule has 1 N–H and O–H groups in total. The fourth-order valence-electron chi connectivity index (χ4n) is 1.79. The van der Waals surface area contributed by atoms with Gasteiger partial charge in [0.1, 0.15) is 11.5 Å². The van der Waals surface area contributed by atoms with Crippen molar-refractivity contribution in [3.63, 3.8) is 0 Å². The maximum Gasteiger partial charge on any atom is 0.147 e. The summed E-state index contributed by atoms with van der Waals surface area (Å²) in [5, 5.41) is 4.13. The van der Waals surface area contributed by atoms with Crippen LogP contribution in [0, 0.1) is 0 Å². The van der Waals surface area contributed by atoms with E-state index in [1.807, 2.05) is 48.5 Å². The van der Waals surface area contributed by atoms with E-state index in [1.54, 1.807) is 18.6 Å². The Hall–Kier alpha value is -2.40. The van der Waals surface area contributed by atoms with Crippen LogP contribution in [0.25, 0.3) is 11.3 Å². The van der Waals surface area contributed by atoms with Crippen LogP contribution < -0.4 is 5.43 Å². The fourth-order valence-corrected chi connectivity index (χ4v) is 2.05. The van der Waals surface area contributed by atoms with Gasteiger partial charge in [0.25, 0.3) is 0 Å². The van der Waals surface area contributed by atoms with Gasteiger partial charge >= 0.3 is 0 Å². The summed E-state index contributed by atoms with van der Waals surface area (Å²) in [6.07, 6.45) is 5.05. The van der Waals surface area contributed by atoms with E-state index in [1.165, 1.54) is 0 Å². The molecular weight excluding hydrogens is 330 g/mol. The van der Waals surface area contributed by atoms with Gasteiger partial charge in [-0.25, -0.2) is 0 Å². The average Bonchev–Trinajstić information content (AvgIpc) is 2.98. The van der Waals surface area contributed by atoms with E-state index in [-0.39, 0.29) is 0 Å². The lowest BCUT2D eigenvalue weighted by Gasteiger charge is -1.97. The van der Waals surface area contributed by atoms with E-state index in [0.717, 1.165) is 21.5 Å². The molecule has 2 aromatic heterocycles. The van der Waals surface area contributed by atoms with Crippen LogP contribution in [0.5, 0.6) is 0 Å². The molecular formula is C16H12BrN3O. The number of hydrazone groups is 1. The van der Waals surface area contributed by atoms with Crippen molar-refractivity contribution in [2.45, 2.75) is 0 Å². The van der Waals surface area contributed by atoms with E-state index in [9.17, 15) is 0 Å². The monoisotopic (exact) mass is 341 g/mol. The average molecular weight is 342 g/mol. The minimum Gasteiger partial charge on any atom is -0.455 e. The van der Waals surface area contributed by atoms with Crippen molar-refractivity contribution >= 4 is 27.8 Å². The number of nitrogens with zero attached hydrogens (tertiary/aromatic N) is 2. The van der Waals surface area contributed by atoms with Gasteiger partial charge in [0, 0.05) is 22.4 Å². The van der Waals surface area contributed by atoms with Gasteiger partial charge in [-0.15, -0.1) is 0 Å². The zero-order valence-electron chi connectivity index (χ0n) is 11.0. The van der Waals surface area contributed by atoms with Crippen LogP contribution in [0.4, 0.5) is 5.69 Å². The highest BCUT2D eigenvalue weighted by Gasteiger charge is 2.03. The van der Waals surface area contributed by atoms with Crippen molar-refractivity contribution in [3.05, 3.63) is 71.2 Å². The molecule has 3 aromatic rings. The van der Waals surface area contributed by atoms with Gasteiger partial charge in [-0.3, -0.25) is 10.4 Å². The van der Waals surface area contributed by atoms with Gasteiger partial charge in [0.15, 0.2) is 0 Å². The number of anilines is 1. The third kappa shape index (κ3) is 3.58. The smallest absolute Gasteiger partial charge is 0.147 e. The lowest BCUT2D eigenvalue weighted by Crippen LogP contribution is -1.89. The second kappa shape index (κ2) is 6.37. The lowest BCUT2D eigenvalue weighted by molar-refractivity contribution is 0.575. The van der Waals surface area contributed by atoms with Crippen LogP contribution in [0.3, 0.4) is 0 Å². The molecule has 0 bridgehead atoms. The van der Waals surface area contributed by atoms with E-state index in [0.29, 0.717) is 5.76 Å². The number of rotatable bonds is 4. The van der Waals surface area contributed by atoms with Gasteiger partial charge in [-0.1, -0.05) is 28.1 Å². The minimum absolute atomic E-state index is 0.689. The molecule has 0 radical (unpaired) electrons. The van der Waals surface area contributed by atoms with Crippen LogP contribution >= 0.6 is 15.9 Å². The van der Waals surface area contributed by atoms with Gasteiger partial charge in [0.2, 0.25) is 0 Å². The summed E-state index contributed by atoms with van der Waals surface area (Å²) in [5.41, 5.74) is 4.82. The van der Waals surface area contributed by atoms with Crippen molar-refractivity contribution in [2.24, 2.45) is 5.10 Å². The molecule has 0 aliphatic carbocycles. The molecule has 0 saturated carbocycles. The second-order valence-corrected chi connectivity index (χ2v) is 5.23. The standard InChI is InChI=1S/C16H12BrN3O/c17-13-3-1-12(2-4-13)16-6-5-15(21-16)11-19-20-14-7-9-18-10-8-14/h1-11H,(H,18,20)/b19-11+. The molecule has 4 nitrogen and oxygen atoms in total. The maximum atomic E-state index is 5.73. The topological polar surface area (TPSA) is 50.4 Å². The van der Waals surface area contributed by atoms with Crippen molar-refractivity contribution in [3.8, 4) is 11.3 Å². The highest BCUT2D eigenvalue weighted by molar-refractivity contribution is 9.10. The molecule has 0 fully saturated rings. The summed E-state index contributed by atoms with van der Waals surface area (Å²) in [4.78, 5) is 3.94. The molecule has 5 heteroatoms. The Labute approximate surface area is 130 Å². The molecule has 0 amide bonds. The number of hydrogen-bond donors (Lipinski definition) is 1. The van der Waals surface area contributed by atoms with E-state index in [4.69, 9.17) is 4.42 Å². The Balaban J connectivity index is 1.69. The third-order valence-corrected chi connectivity index (χ3v) is 3.35. The molecule has 21 heavy (non-hydrogen) atoms. The molecule has 0 atom stereocenters. The first-order chi connectivity index (χ1) is 10.3. The Kier molecular flexibility index (Phi) is 4.12. The van der Waals surface area contributed by atoms with Crippen LogP contribution in [0.1, 0.15) is 5.76 Å². The molecule has 0 aliphatic rings. The summed E-state index contributed by atoms with van der Waals surface area (Å²) in [7, 11) is 0. The van der Waals surface area contributed by atoms with E-state index in [2.05, 4.69) is 31.4 Å². The van der Waals surface area contributed by atoms with Crippen LogP contribution in [0.2, 0.25) is 0 Å². The van der Waals surface area contributed by atoms with Crippen LogP contribution in [0.15, 0.2) is 74.9 Å². The highest BCUT2D eigenvalue weighted by Crippen LogP contribution is 2.23. The number of halogens is 1. The highest BCUT2D eigenvalue weighted by atomic mass is 79.9. The molecule has 1 aromatic carbocycles. The molecule has 0 spiro atoms. The number of nitrogens with one attached hydrogen (secondary N) is 1. The molecule has 104 valence electrons. The first kappa shape index (κ1) is 13.6. The van der Waals surface area contributed by atoms with Crippen molar-refractivity contribution in [2.75, 3.05) is 5.43 Å². The first-order valence-electron chi connectivity index (χ1n) is 6.36. The van der Waals surface area contributed by atoms with Crippen LogP contribution in [-0.2, 0) is 0 Å². The van der Waals surface area contributed by atoms with Crippen molar-refractivity contribution in [1.29, 1.82) is 0 Å². The Morgan fingerprint density at radius 2 is 1.76 bits per heavy atom. The van der Waals surface area contributed by atoms with Crippen molar-refractivity contribution in [1.82, 2.24) is 4.98 Å². The summed E-state index contributed by atoms with van der Waals surface area (Å²) >= 11 is 3.42. The number of pyridine rings is 1. The zero-order chi connectivity index (χ0) is 14.5. The van der Waals surface area contributed by atoms with Crippen LogP contribution in [-0.4, -0.2) is 11.2 Å². The third-order valence-electron chi connectivity index (χ3n) is 2.82. The SMILES string of the molecule is Brc1ccc(-c2ccc(/C=N/Nc3ccncc3)o2)cc1. The number of furan rings is 1. The number of aromatic nitrogens is 1. The quantitative estimate of drug-likeness (QED) is 0.559. The maximum absolute atomic E-state index is 5.73. The van der Waals surface area contributed by atoms with E-state index >= 15 is 0 Å². The van der Waals surface area contributed by atoms with Gasteiger partial charge in [-0.2, -0.15) is 5.10 Å². The predicted molar refractivity (Wildman–Crippen MR) is 87.3 cm³/mol. The molecule has 0 saturated heterocycles. The number of benzene rings is 1. The van der Waals surface area contributed by atoms with E-state index < -0.39 is 0 Å². The molecule has 0 unspecified atom stereocenters. The summed E-state index contributed by atoms with van der Waals surface area (Å²) in [6, 6.07) is 15.5. The largest absolute Gasteiger partial charge is 0.455 e. The Bertz CT molecular complexity index is 736. The molecule has 2 heterocycles. The summed E-state index contributed by atoms with van der Waals surface area (Å²) < 4.78 is 6.77.